The van der Waals surface area contributed by atoms with Gasteiger partial charge in [0.05, 0.1) is 12.7 Å². The molecule has 154 valence electrons. The fraction of sp³-hybridized carbons (Fsp3) is 0.684. The van der Waals surface area contributed by atoms with Crippen LogP contribution in [0.15, 0.2) is 29.7 Å². The van der Waals surface area contributed by atoms with Gasteiger partial charge in [0.25, 0.3) is 0 Å². The second kappa shape index (κ2) is 8.68. The number of rotatable bonds is 4. The lowest BCUT2D eigenvalue weighted by Gasteiger charge is -2.32. The van der Waals surface area contributed by atoms with E-state index in [0.29, 0.717) is 11.5 Å². The third-order valence-electron chi connectivity index (χ3n) is 5.49. The average Bonchev–Trinajstić information content (AvgIpc) is 2.82. The highest BCUT2D eigenvalue weighted by molar-refractivity contribution is 6.78. The molecule has 0 amide bonds. The Morgan fingerprint density at radius 2 is 2.04 bits per heavy atom. The highest BCUT2D eigenvalue weighted by Crippen LogP contribution is 2.37. The minimum Gasteiger partial charge on any atom is -0.394 e. The van der Waals surface area contributed by atoms with E-state index in [1.54, 1.807) is 6.08 Å². The molecule has 0 saturated carbocycles. The molecular weight excluding hydrogens is 362 g/mol. The van der Waals surface area contributed by atoms with Crippen LogP contribution in [0.4, 0.5) is 5.82 Å². The fourth-order valence-corrected chi connectivity index (χ4v) is 2.36. The van der Waals surface area contributed by atoms with Crippen molar-refractivity contribution in [2.75, 3.05) is 12.3 Å². The van der Waals surface area contributed by atoms with Crippen LogP contribution in [0, 0.1) is 0 Å². The summed E-state index contributed by atoms with van der Waals surface area (Å²) < 4.78 is 6.95. The van der Waals surface area contributed by atoms with E-state index in [1.165, 1.54) is 16.8 Å². The lowest BCUT2D eigenvalue weighted by molar-refractivity contribution is -0.117. The van der Waals surface area contributed by atoms with Crippen LogP contribution < -0.4 is 11.4 Å². The van der Waals surface area contributed by atoms with Gasteiger partial charge in [0, 0.05) is 27.1 Å². The maximum Gasteiger partial charge on any atom is 0.351 e. The predicted molar refractivity (Wildman–Crippen MR) is 111 cm³/mol. The quantitative estimate of drug-likeness (QED) is 0.531. The number of hydrogen-bond acceptors (Lipinski definition) is 6. The Labute approximate surface area is 162 Å². The van der Waals surface area contributed by atoms with E-state index < -0.39 is 31.7 Å². The summed E-state index contributed by atoms with van der Waals surface area (Å²) in [4.78, 5) is 15.6. The van der Waals surface area contributed by atoms with Crippen molar-refractivity contribution in [3.63, 3.8) is 0 Å². The van der Waals surface area contributed by atoms with Gasteiger partial charge in [0.15, 0.2) is 5.72 Å². The molecule has 1 aliphatic heterocycles. The van der Waals surface area contributed by atoms with Crippen LogP contribution in [0.3, 0.4) is 0 Å². The van der Waals surface area contributed by atoms with Gasteiger partial charge in [0.1, 0.15) is 11.9 Å². The molecule has 1 aliphatic rings. The lowest BCUT2D eigenvalue weighted by atomic mass is 10.0. The van der Waals surface area contributed by atoms with Gasteiger partial charge in [-0.2, -0.15) is 4.98 Å². The number of nitrogens with zero attached hydrogens (tertiary/aromatic N) is 2. The Morgan fingerprint density at radius 1 is 1.48 bits per heavy atom. The number of aliphatic hydroxyl groups excluding tert-OH is 2. The summed E-state index contributed by atoms with van der Waals surface area (Å²) in [6.07, 6.45) is 1.97. The summed E-state index contributed by atoms with van der Waals surface area (Å²) in [6.45, 7) is 17.5. The minimum absolute atomic E-state index is 0.118. The van der Waals surface area contributed by atoms with Gasteiger partial charge >= 0.3 is 5.69 Å². The molecule has 0 aliphatic carbocycles. The number of nitrogens with two attached hydrogens (primary N) is 1. The summed E-state index contributed by atoms with van der Waals surface area (Å²) in [5, 5.41) is 19.6. The van der Waals surface area contributed by atoms with Gasteiger partial charge < -0.3 is 20.7 Å². The Hall–Kier alpha value is -1.48. The second-order valence-corrected chi connectivity index (χ2v) is 15.1. The summed E-state index contributed by atoms with van der Waals surface area (Å²) in [5.74, 6) is 0.118. The topological polar surface area (TPSA) is 111 Å². The number of aliphatic hydroxyl groups is 2. The largest absolute Gasteiger partial charge is 0.394 e. The SMILES string of the molecule is C=CC[C@]1(n2ccc(N)nc2=O)C[C@H](O)[C@@H](CO)O1.CC(C)(C)[Si](C)(C)C. The number of anilines is 1. The molecule has 27 heavy (non-hydrogen) atoms. The molecule has 1 aromatic rings. The fourth-order valence-electron chi connectivity index (χ4n) is 2.36. The van der Waals surface area contributed by atoms with Gasteiger partial charge in [-0.05, 0) is 11.1 Å². The van der Waals surface area contributed by atoms with Gasteiger partial charge in [0.2, 0.25) is 0 Å². The van der Waals surface area contributed by atoms with Gasteiger partial charge in [-0.25, -0.2) is 4.79 Å². The van der Waals surface area contributed by atoms with E-state index in [0.717, 1.165) is 0 Å². The summed E-state index contributed by atoms with van der Waals surface area (Å²) in [7, 11) is -0.859. The van der Waals surface area contributed by atoms with E-state index >= 15 is 0 Å². The molecule has 2 heterocycles. The molecule has 0 spiro atoms. The van der Waals surface area contributed by atoms with E-state index in [2.05, 4.69) is 52.0 Å². The van der Waals surface area contributed by atoms with Crippen LogP contribution in [0.5, 0.6) is 0 Å². The third-order valence-corrected chi connectivity index (χ3v) is 9.99. The van der Waals surface area contributed by atoms with Crippen molar-refractivity contribution in [2.45, 2.75) is 76.2 Å². The monoisotopic (exact) mass is 397 g/mol. The zero-order chi connectivity index (χ0) is 21.0. The lowest BCUT2D eigenvalue weighted by Crippen LogP contribution is -2.42. The van der Waals surface area contributed by atoms with Crippen molar-refractivity contribution in [1.29, 1.82) is 0 Å². The first-order valence-corrected chi connectivity index (χ1v) is 12.7. The van der Waals surface area contributed by atoms with E-state index in [4.69, 9.17) is 15.6 Å². The highest BCUT2D eigenvalue weighted by atomic mass is 28.3. The molecule has 1 aromatic heterocycles. The van der Waals surface area contributed by atoms with Crippen molar-refractivity contribution in [1.82, 2.24) is 9.55 Å². The van der Waals surface area contributed by atoms with Crippen LogP contribution >= 0.6 is 0 Å². The second-order valence-electron chi connectivity index (χ2n) is 9.05. The van der Waals surface area contributed by atoms with Gasteiger partial charge in [-0.3, -0.25) is 4.57 Å². The maximum atomic E-state index is 11.9. The van der Waals surface area contributed by atoms with E-state index in [1.807, 2.05) is 0 Å². The molecule has 0 unspecified atom stereocenters. The van der Waals surface area contributed by atoms with Crippen LogP contribution in [0.1, 0.15) is 33.6 Å². The molecular formula is C19H35N3O4Si. The molecule has 1 saturated heterocycles. The first-order valence-electron chi connectivity index (χ1n) is 9.21. The molecule has 0 aromatic carbocycles. The summed E-state index contributed by atoms with van der Waals surface area (Å²) in [6, 6.07) is 1.48. The number of ether oxygens (including phenoxy) is 1. The molecule has 1 fully saturated rings. The van der Waals surface area contributed by atoms with Crippen LogP contribution in [-0.2, 0) is 10.5 Å². The zero-order valence-electron chi connectivity index (χ0n) is 17.4. The minimum atomic E-state index is -1.08. The number of hydrogen-bond donors (Lipinski definition) is 3. The summed E-state index contributed by atoms with van der Waals surface area (Å²) >= 11 is 0. The third kappa shape index (κ3) is 5.74. The summed E-state index contributed by atoms with van der Waals surface area (Å²) in [5.41, 5.74) is 3.81. The molecule has 8 heteroatoms. The first-order chi connectivity index (χ1) is 12.3. The van der Waals surface area contributed by atoms with E-state index in [-0.39, 0.29) is 18.8 Å². The first kappa shape index (κ1) is 23.6. The average molecular weight is 398 g/mol. The Morgan fingerprint density at radius 3 is 2.41 bits per heavy atom. The van der Waals surface area contributed by atoms with E-state index in [9.17, 15) is 9.90 Å². The molecule has 2 rings (SSSR count). The van der Waals surface area contributed by atoms with Crippen LogP contribution in [-0.4, -0.2) is 46.7 Å². The Bertz CT molecular complexity index is 681. The van der Waals surface area contributed by atoms with Crippen molar-refractivity contribution in [3.05, 3.63) is 35.4 Å². The molecule has 7 nitrogen and oxygen atoms in total. The molecule has 0 bridgehead atoms. The van der Waals surface area contributed by atoms with Gasteiger partial charge in [-0.15, -0.1) is 6.58 Å². The van der Waals surface area contributed by atoms with Crippen molar-refractivity contribution >= 4 is 13.9 Å². The predicted octanol–water partition coefficient (Wildman–Crippen LogP) is 2.32. The normalized spacial score (nSPS) is 25.6. The standard InChI is InChI=1S/C12H17N3O4.C7H18Si/c1-2-4-12(6-8(17)9(7-16)19-12)15-5-3-10(13)14-11(15)18;1-7(2,3)8(4,5)6/h2-3,5,8-9,16-17H,1,4,6-7H2,(H2,13,14,18);1-6H3/t8-,9+,12+;/m0./s1. The van der Waals surface area contributed by atoms with Crippen molar-refractivity contribution < 1.29 is 14.9 Å². The highest BCUT2D eigenvalue weighted by Gasteiger charge is 2.47. The van der Waals surface area contributed by atoms with Gasteiger partial charge in [-0.1, -0.05) is 46.5 Å². The molecule has 4 N–H and O–H groups in total. The zero-order valence-corrected chi connectivity index (χ0v) is 18.4. The molecule has 3 atom stereocenters. The van der Waals surface area contributed by atoms with Crippen molar-refractivity contribution in [3.8, 4) is 0 Å². The van der Waals surface area contributed by atoms with Crippen molar-refractivity contribution in [2.24, 2.45) is 0 Å². The number of nitrogen functional groups attached to an aromatic ring is 1. The van der Waals surface area contributed by atoms with Crippen LogP contribution in [0.25, 0.3) is 0 Å². The molecule has 0 radical (unpaired) electrons. The Kier molecular flexibility index (Phi) is 7.58. The van der Waals surface area contributed by atoms with Crippen LogP contribution in [0.2, 0.25) is 24.7 Å². The Balaban J connectivity index is 0.000000387. The number of aromatic nitrogens is 2. The maximum absolute atomic E-state index is 11.9. The smallest absolute Gasteiger partial charge is 0.351 e.